The van der Waals surface area contributed by atoms with E-state index in [0.29, 0.717) is 34.9 Å². The Morgan fingerprint density at radius 1 is 1.13 bits per heavy atom. The third-order valence-electron chi connectivity index (χ3n) is 8.54. The Labute approximate surface area is 227 Å². The summed E-state index contributed by atoms with van der Waals surface area (Å²) in [5.41, 5.74) is 5.00. The number of benzene rings is 1. The topological polar surface area (TPSA) is 105 Å². The fourth-order valence-corrected chi connectivity index (χ4v) is 6.71. The van der Waals surface area contributed by atoms with Crippen molar-refractivity contribution in [1.82, 2.24) is 19.2 Å². The normalized spacial score (nSPS) is 21.3. The van der Waals surface area contributed by atoms with Gasteiger partial charge in [-0.2, -0.15) is 5.10 Å². The van der Waals surface area contributed by atoms with Crippen molar-refractivity contribution in [3.63, 3.8) is 0 Å². The molecule has 3 aromatic heterocycles. The Bertz CT molecular complexity index is 1630. The molecule has 0 spiro atoms. The van der Waals surface area contributed by atoms with Crippen molar-refractivity contribution in [3.05, 3.63) is 87.1 Å². The summed E-state index contributed by atoms with van der Waals surface area (Å²) in [6.07, 6.45) is 7.91. The van der Waals surface area contributed by atoms with Gasteiger partial charge in [-0.1, -0.05) is 12.1 Å². The Morgan fingerprint density at radius 2 is 1.85 bits per heavy atom. The molecule has 0 radical (unpaired) electrons. The lowest BCUT2D eigenvalue weighted by Gasteiger charge is -2.40. The van der Waals surface area contributed by atoms with Gasteiger partial charge in [-0.25, -0.2) is 9.78 Å². The van der Waals surface area contributed by atoms with Gasteiger partial charge < -0.3 is 15.3 Å². The molecule has 4 aromatic rings. The summed E-state index contributed by atoms with van der Waals surface area (Å²) < 4.78 is 3.63. The number of carboxylic acid groups (broad SMARTS) is 1. The van der Waals surface area contributed by atoms with E-state index in [4.69, 9.17) is 4.98 Å². The number of hydrogen-bond acceptors (Lipinski definition) is 6. The Balaban J connectivity index is 1.40. The summed E-state index contributed by atoms with van der Waals surface area (Å²) in [6.45, 7) is 5.82. The van der Waals surface area contributed by atoms with Crippen molar-refractivity contribution in [2.45, 2.75) is 70.5 Å². The first kappa shape index (κ1) is 25.2. The molecule has 1 aromatic carbocycles. The smallest absolute Gasteiger partial charge is 0.337 e. The maximum Gasteiger partial charge on any atom is 0.337 e. The molecule has 2 N–H and O–H groups in total. The van der Waals surface area contributed by atoms with Crippen molar-refractivity contribution < 1.29 is 9.90 Å². The predicted octanol–water partition coefficient (Wildman–Crippen LogP) is 4.83. The number of nitrogens with zero attached hydrogens (tertiary/aromatic N) is 5. The molecule has 0 saturated carbocycles. The fraction of sp³-hybridized carbons (Fsp3) is 0.400. The highest BCUT2D eigenvalue weighted by atomic mass is 16.4. The number of hydrogen-bond donors (Lipinski definition) is 2. The Kier molecular flexibility index (Phi) is 6.16. The van der Waals surface area contributed by atoms with Gasteiger partial charge in [0.05, 0.1) is 17.2 Å². The van der Waals surface area contributed by atoms with Crippen molar-refractivity contribution in [2.24, 2.45) is 7.05 Å². The lowest BCUT2D eigenvalue weighted by atomic mass is 9.88. The monoisotopic (exact) mass is 526 g/mol. The van der Waals surface area contributed by atoms with Gasteiger partial charge in [-0.05, 0) is 76.3 Å². The average Bonchev–Trinajstić information content (AvgIpc) is 3.45. The maximum absolute atomic E-state index is 13.7. The number of aryl methyl sites for hydroxylation is 2. The Morgan fingerprint density at radius 3 is 2.51 bits per heavy atom. The van der Waals surface area contributed by atoms with E-state index in [1.807, 2.05) is 57.0 Å². The number of pyridine rings is 1. The minimum atomic E-state index is -0.989. The molecule has 39 heavy (non-hydrogen) atoms. The molecule has 2 saturated heterocycles. The lowest BCUT2D eigenvalue weighted by Crippen LogP contribution is -2.44. The summed E-state index contributed by atoms with van der Waals surface area (Å²) in [5, 5.41) is 17.4. The molecule has 9 heteroatoms. The third-order valence-corrected chi connectivity index (χ3v) is 8.54. The molecular formula is C30H34N6O3. The molecule has 2 aliphatic heterocycles. The number of nitrogens with one attached hydrogen (secondary N) is 1. The van der Waals surface area contributed by atoms with Crippen molar-refractivity contribution >= 4 is 23.1 Å². The first-order valence-electron chi connectivity index (χ1n) is 13.6. The van der Waals surface area contributed by atoms with E-state index in [2.05, 4.69) is 21.4 Å². The quantitative estimate of drug-likeness (QED) is 0.371. The van der Waals surface area contributed by atoms with Crippen LogP contribution in [-0.4, -0.2) is 42.3 Å². The molecule has 0 aliphatic carbocycles. The number of para-hydroxylation sites is 1. The first-order chi connectivity index (χ1) is 18.7. The van der Waals surface area contributed by atoms with Crippen LogP contribution < -0.4 is 15.8 Å². The van der Waals surface area contributed by atoms with E-state index in [1.54, 1.807) is 22.6 Å². The van der Waals surface area contributed by atoms with Gasteiger partial charge in [0.2, 0.25) is 0 Å². The second-order valence-corrected chi connectivity index (χ2v) is 11.1. The number of aromatic carboxylic acids is 1. The van der Waals surface area contributed by atoms with Crippen LogP contribution in [0.25, 0.3) is 5.65 Å². The van der Waals surface area contributed by atoms with E-state index in [0.717, 1.165) is 42.6 Å². The number of aromatic nitrogens is 4. The molecule has 3 unspecified atom stereocenters. The van der Waals surface area contributed by atoms with E-state index in [-0.39, 0.29) is 17.2 Å². The van der Waals surface area contributed by atoms with Crippen molar-refractivity contribution in [3.8, 4) is 0 Å². The molecule has 6 rings (SSSR count). The molecular weight excluding hydrogens is 492 g/mol. The van der Waals surface area contributed by atoms with Gasteiger partial charge in [0.15, 0.2) is 0 Å². The van der Waals surface area contributed by atoms with E-state index in [1.165, 1.54) is 5.69 Å². The molecule has 2 bridgehead atoms. The van der Waals surface area contributed by atoms with Crippen LogP contribution in [0.5, 0.6) is 0 Å². The van der Waals surface area contributed by atoms with Gasteiger partial charge >= 0.3 is 5.97 Å². The van der Waals surface area contributed by atoms with Crippen LogP contribution in [0.1, 0.15) is 77.3 Å². The lowest BCUT2D eigenvalue weighted by molar-refractivity contribution is 0.0698. The van der Waals surface area contributed by atoms with Gasteiger partial charge in [0.1, 0.15) is 11.5 Å². The standard InChI is InChI=1S/C30H34N6O3/c1-17-13-24(19(3)32-25-8-6-5-7-23(25)30(38)39)28-33-27(18(2)29(37)35(28)16-17)36-21-9-10-22(36)15-20(14-21)26-11-12-31-34(26)4/h5-8,11-13,16,19-22,32H,9-10,14-15H2,1-4H3,(H,38,39). The maximum atomic E-state index is 13.7. The Hall–Kier alpha value is -4.14. The minimum Gasteiger partial charge on any atom is -0.478 e. The van der Waals surface area contributed by atoms with E-state index >= 15 is 0 Å². The van der Waals surface area contributed by atoms with Crippen LogP contribution in [0.4, 0.5) is 11.5 Å². The second-order valence-electron chi connectivity index (χ2n) is 11.1. The zero-order chi connectivity index (χ0) is 27.4. The van der Waals surface area contributed by atoms with Crippen LogP contribution in [0, 0.1) is 13.8 Å². The highest BCUT2D eigenvalue weighted by Crippen LogP contribution is 2.45. The summed E-state index contributed by atoms with van der Waals surface area (Å²) in [4.78, 5) is 33.1. The van der Waals surface area contributed by atoms with Gasteiger partial charge in [-0.15, -0.1) is 0 Å². The first-order valence-corrected chi connectivity index (χ1v) is 13.6. The summed E-state index contributed by atoms with van der Waals surface area (Å²) in [5.74, 6) is 0.237. The zero-order valence-electron chi connectivity index (χ0n) is 22.8. The number of rotatable bonds is 6. The second kappa shape index (κ2) is 9.55. The molecule has 9 nitrogen and oxygen atoms in total. The number of piperidine rings is 1. The van der Waals surface area contributed by atoms with E-state index < -0.39 is 5.97 Å². The fourth-order valence-electron chi connectivity index (χ4n) is 6.71. The highest BCUT2D eigenvalue weighted by molar-refractivity contribution is 5.94. The predicted molar refractivity (Wildman–Crippen MR) is 151 cm³/mol. The summed E-state index contributed by atoms with van der Waals surface area (Å²) in [7, 11) is 2.01. The van der Waals surface area contributed by atoms with Gasteiger partial charge in [-0.3, -0.25) is 13.9 Å². The highest BCUT2D eigenvalue weighted by Gasteiger charge is 2.43. The van der Waals surface area contributed by atoms with Crippen LogP contribution >= 0.6 is 0 Å². The summed E-state index contributed by atoms with van der Waals surface area (Å²) >= 11 is 0. The van der Waals surface area contributed by atoms with Crippen molar-refractivity contribution in [2.75, 3.05) is 10.2 Å². The number of carbonyl (C=O) groups is 1. The molecule has 3 atom stereocenters. The van der Waals surface area contributed by atoms with Crippen molar-refractivity contribution in [1.29, 1.82) is 0 Å². The van der Waals surface area contributed by atoms with E-state index in [9.17, 15) is 14.7 Å². The number of fused-ring (bicyclic) bond motifs is 3. The van der Waals surface area contributed by atoms with Gasteiger partial charge in [0.25, 0.3) is 5.56 Å². The molecule has 2 aliphatic rings. The largest absolute Gasteiger partial charge is 0.478 e. The molecule has 202 valence electrons. The van der Waals surface area contributed by atoms with Crippen LogP contribution in [0.15, 0.2) is 53.6 Å². The number of carboxylic acids is 1. The van der Waals surface area contributed by atoms with Crippen LogP contribution in [0.2, 0.25) is 0 Å². The van der Waals surface area contributed by atoms with Crippen LogP contribution in [0.3, 0.4) is 0 Å². The minimum absolute atomic E-state index is 0.0637. The number of anilines is 2. The average molecular weight is 527 g/mol. The molecule has 0 amide bonds. The zero-order valence-corrected chi connectivity index (χ0v) is 22.8. The molecule has 2 fully saturated rings. The molecule has 5 heterocycles. The van der Waals surface area contributed by atoms with Crippen LogP contribution in [-0.2, 0) is 7.05 Å². The van der Waals surface area contributed by atoms with Gasteiger partial charge in [0, 0.05) is 54.4 Å². The third kappa shape index (κ3) is 4.26. The summed E-state index contributed by atoms with van der Waals surface area (Å²) in [6, 6.07) is 11.4. The SMILES string of the molecule is Cc1cc(C(C)Nc2ccccc2C(=O)O)c2nc(N3C4CCC3CC(c3ccnn3C)C4)c(C)c(=O)n2c1.